The summed E-state index contributed by atoms with van der Waals surface area (Å²) in [6.07, 6.45) is 0.558. The first kappa shape index (κ1) is 10.1. The van der Waals surface area contributed by atoms with E-state index >= 15 is 0 Å². The average molecular weight is 220 g/mol. The molecule has 1 aromatic heterocycles. The zero-order chi connectivity index (χ0) is 9.84. The van der Waals surface area contributed by atoms with E-state index in [0.29, 0.717) is 6.29 Å². The molecular formula is C7H6ClNO3S. The van der Waals surface area contributed by atoms with Gasteiger partial charge in [-0.3, -0.25) is 4.79 Å². The Balaban J connectivity index is 2.90. The smallest absolute Gasteiger partial charge is 0.367 e. The average Bonchev–Trinajstić information content (AvgIpc) is 2.47. The third-order valence-corrected chi connectivity index (χ3v) is 2.53. The largest absolute Gasteiger partial charge is 0.461 e. The monoisotopic (exact) mass is 219 g/mol. The minimum Gasteiger partial charge on any atom is -0.461 e. The summed E-state index contributed by atoms with van der Waals surface area (Å²) in [6.45, 7) is 1.96. The van der Waals surface area contributed by atoms with E-state index in [1.54, 1.807) is 6.92 Å². The van der Waals surface area contributed by atoms with Crippen LogP contribution < -0.4 is 0 Å². The topological polar surface area (TPSA) is 56.3 Å². The van der Waals surface area contributed by atoms with Gasteiger partial charge in [-0.2, -0.15) is 0 Å². The number of hydrogen-bond donors (Lipinski definition) is 0. The first-order valence-electron chi connectivity index (χ1n) is 3.47. The van der Waals surface area contributed by atoms with E-state index < -0.39 is 5.97 Å². The summed E-state index contributed by atoms with van der Waals surface area (Å²) >= 11 is 6.47. The van der Waals surface area contributed by atoms with Crippen molar-refractivity contribution in [1.82, 2.24) is 4.98 Å². The van der Waals surface area contributed by atoms with E-state index in [9.17, 15) is 9.59 Å². The standard InChI is InChI=1S/C7H6ClNO3S/c1-2-12-7(11)6-9-5(8)4(3-10)13-6/h3H,2H2,1H3. The molecule has 0 atom stereocenters. The van der Waals surface area contributed by atoms with Crippen molar-refractivity contribution in [3.8, 4) is 0 Å². The lowest BCUT2D eigenvalue weighted by Gasteiger charge is -1.94. The van der Waals surface area contributed by atoms with Crippen molar-refractivity contribution in [2.45, 2.75) is 6.92 Å². The van der Waals surface area contributed by atoms with E-state index in [1.807, 2.05) is 0 Å². The molecule has 0 aliphatic carbocycles. The van der Waals surface area contributed by atoms with Crippen LogP contribution in [0.4, 0.5) is 0 Å². The van der Waals surface area contributed by atoms with E-state index in [1.165, 1.54) is 0 Å². The summed E-state index contributed by atoms with van der Waals surface area (Å²) in [4.78, 5) is 25.4. The Hall–Kier alpha value is -0.940. The predicted molar refractivity (Wildman–Crippen MR) is 48.5 cm³/mol. The number of nitrogens with zero attached hydrogens (tertiary/aromatic N) is 1. The maximum Gasteiger partial charge on any atom is 0.367 e. The Labute approximate surface area is 83.5 Å². The number of halogens is 1. The molecule has 0 spiro atoms. The van der Waals surface area contributed by atoms with Gasteiger partial charge in [-0.25, -0.2) is 9.78 Å². The highest BCUT2D eigenvalue weighted by molar-refractivity contribution is 7.15. The molecule has 0 radical (unpaired) electrons. The number of esters is 1. The quantitative estimate of drug-likeness (QED) is 0.575. The molecule has 0 aliphatic heterocycles. The van der Waals surface area contributed by atoms with Gasteiger partial charge in [-0.05, 0) is 6.92 Å². The zero-order valence-electron chi connectivity index (χ0n) is 6.74. The highest BCUT2D eigenvalue weighted by Crippen LogP contribution is 2.21. The highest BCUT2D eigenvalue weighted by Gasteiger charge is 2.15. The number of rotatable bonds is 3. The van der Waals surface area contributed by atoms with Gasteiger partial charge in [0.25, 0.3) is 0 Å². The van der Waals surface area contributed by atoms with Crippen LogP contribution in [0.1, 0.15) is 26.4 Å². The Kier molecular flexibility index (Phi) is 3.39. The molecular weight excluding hydrogens is 214 g/mol. The second kappa shape index (κ2) is 4.34. The number of carbonyl (C=O) groups excluding carboxylic acids is 2. The van der Waals surface area contributed by atoms with Gasteiger partial charge >= 0.3 is 5.97 Å². The van der Waals surface area contributed by atoms with E-state index in [4.69, 9.17) is 11.6 Å². The van der Waals surface area contributed by atoms with Crippen molar-refractivity contribution in [2.75, 3.05) is 6.61 Å². The van der Waals surface area contributed by atoms with Gasteiger partial charge in [-0.15, -0.1) is 11.3 Å². The summed E-state index contributed by atoms with van der Waals surface area (Å²) in [6, 6.07) is 0. The fourth-order valence-corrected chi connectivity index (χ4v) is 1.63. The molecule has 70 valence electrons. The minimum absolute atomic E-state index is 0.0445. The molecule has 0 aromatic carbocycles. The van der Waals surface area contributed by atoms with Crippen LogP contribution in [0.5, 0.6) is 0 Å². The maximum absolute atomic E-state index is 11.1. The first-order chi connectivity index (χ1) is 6.19. The van der Waals surface area contributed by atoms with Gasteiger partial charge in [-0.1, -0.05) is 11.6 Å². The van der Waals surface area contributed by atoms with Gasteiger partial charge < -0.3 is 4.74 Å². The molecule has 13 heavy (non-hydrogen) atoms. The Morgan fingerprint density at radius 2 is 2.46 bits per heavy atom. The lowest BCUT2D eigenvalue weighted by atomic mass is 10.6. The van der Waals surface area contributed by atoms with Crippen LogP contribution in [0, 0.1) is 0 Å². The third kappa shape index (κ3) is 2.26. The number of ether oxygens (including phenoxy) is 1. The molecule has 6 heteroatoms. The van der Waals surface area contributed by atoms with Gasteiger partial charge in [0.2, 0.25) is 5.01 Å². The van der Waals surface area contributed by atoms with Gasteiger partial charge in [0.05, 0.1) is 6.61 Å². The molecule has 4 nitrogen and oxygen atoms in total. The normalized spacial score (nSPS) is 9.69. The van der Waals surface area contributed by atoms with Crippen LogP contribution in [0.15, 0.2) is 0 Å². The summed E-state index contributed by atoms with van der Waals surface area (Å²) < 4.78 is 4.68. The number of aromatic nitrogens is 1. The number of carbonyl (C=O) groups is 2. The number of aldehydes is 1. The van der Waals surface area contributed by atoms with Crippen molar-refractivity contribution in [2.24, 2.45) is 0 Å². The van der Waals surface area contributed by atoms with E-state index in [2.05, 4.69) is 9.72 Å². The van der Waals surface area contributed by atoms with Crippen LogP contribution in [-0.2, 0) is 4.74 Å². The van der Waals surface area contributed by atoms with Gasteiger partial charge in [0, 0.05) is 0 Å². The second-order valence-corrected chi connectivity index (χ2v) is 3.40. The summed E-state index contributed by atoms with van der Waals surface area (Å²) in [5, 5.41) is 0.150. The first-order valence-corrected chi connectivity index (χ1v) is 4.67. The minimum atomic E-state index is -0.553. The fraction of sp³-hybridized carbons (Fsp3) is 0.286. The van der Waals surface area contributed by atoms with Crippen molar-refractivity contribution in [3.63, 3.8) is 0 Å². The zero-order valence-corrected chi connectivity index (χ0v) is 8.32. The molecule has 1 heterocycles. The molecule has 0 aliphatic rings. The fourth-order valence-electron chi connectivity index (χ4n) is 0.666. The van der Waals surface area contributed by atoms with E-state index in [0.717, 1.165) is 11.3 Å². The molecule has 0 N–H and O–H groups in total. The molecule has 0 fully saturated rings. The highest BCUT2D eigenvalue weighted by atomic mass is 35.5. The lowest BCUT2D eigenvalue weighted by molar-refractivity contribution is 0.0526. The van der Waals surface area contributed by atoms with Crippen LogP contribution in [0.25, 0.3) is 0 Å². The van der Waals surface area contributed by atoms with Crippen molar-refractivity contribution < 1.29 is 14.3 Å². The van der Waals surface area contributed by atoms with Gasteiger partial charge in [0.15, 0.2) is 11.4 Å². The molecule has 0 unspecified atom stereocenters. The van der Waals surface area contributed by atoms with Crippen molar-refractivity contribution in [1.29, 1.82) is 0 Å². The molecule has 1 aromatic rings. The Bertz CT molecular complexity index is 336. The van der Waals surface area contributed by atoms with Crippen molar-refractivity contribution >= 4 is 35.2 Å². The Morgan fingerprint density at radius 3 is 2.92 bits per heavy atom. The summed E-state index contributed by atoms with van der Waals surface area (Å²) in [5.74, 6) is -0.553. The summed E-state index contributed by atoms with van der Waals surface area (Å²) in [5.41, 5.74) is 0. The molecule has 0 bridgehead atoms. The SMILES string of the molecule is CCOC(=O)c1nc(Cl)c(C=O)s1. The van der Waals surface area contributed by atoms with Crippen LogP contribution in [0.3, 0.4) is 0 Å². The van der Waals surface area contributed by atoms with Gasteiger partial charge in [0.1, 0.15) is 4.88 Å². The molecule has 0 saturated carbocycles. The van der Waals surface area contributed by atoms with Crippen molar-refractivity contribution in [3.05, 3.63) is 15.0 Å². The molecule has 0 amide bonds. The second-order valence-electron chi connectivity index (χ2n) is 2.01. The molecule has 0 saturated heterocycles. The maximum atomic E-state index is 11.1. The van der Waals surface area contributed by atoms with Crippen LogP contribution in [-0.4, -0.2) is 23.8 Å². The summed E-state index contributed by atoms with van der Waals surface area (Å²) in [7, 11) is 0. The predicted octanol–water partition coefficient (Wildman–Crippen LogP) is 1.79. The van der Waals surface area contributed by atoms with Crippen LogP contribution >= 0.6 is 22.9 Å². The van der Waals surface area contributed by atoms with E-state index in [-0.39, 0.29) is 21.6 Å². The number of thiazole rings is 1. The Morgan fingerprint density at radius 1 is 1.77 bits per heavy atom. The molecule has 1 rings (SSSR count). The lowest BCUT2D eigenvalue weighted by Crippen LogP contribution is -2.03. The number of hydrogen-bond acceptors (Lipinski definition) is 5. The van der Waals surface area contributed by atoms with Crippen LogP contribution in [0.2, 0.25) is 5.15 Å². The third-order valence-electron chi connectivity index (χ3n) is 1.17.